The fourth-order valence-corrected chi connectivity index (χ4v) is 6.33. The molecule has 4 heterocycles. The molecule has 1 amide bonds. The maximum atomic E-state index is 15.6. The summed E-state index contributed by atoms with van der Waals surface area (Å²) in [4.78, 5) is 42.8. The number of aromatic nitrogens is 2. The zero-order valence-corrected chi connectivity index (χ0v) is 24.2. The number of cyclic esters (lactones) is 1. The van der Waals surface area contributed by atoms with Crippen molar-refractivity contribution in [1.29, 1.82) is 0 Å². The molecule has 2 aliphatic heterocycles. The number of benzene rings is 1. The molecule has 6 rings (SSSR count). The van der Waals surface area contributed by atoms with Gasteiger partial charge in [-0.1, -0.05) is 19.1 Å². The lowest BCUT2D eigenvalue weighted by Crippen LogP contribution is -2.44. The van der Waals surface area contributed by atoms with Crippen LogP contribution < -0.4 is 10.9 Å². The number of ether oxygens (including phenoxy) is 2. The summed E-state index contributed by atoms with van der Waals surface area (Å²) in [5.74, 6) is -1.16. The quantitative estimate of drug-likeness (QED) is 0.263. The molecule has 0 spiro atoms. The standard InChI is InChI=1S/C32H34FN3O6/c1-5-32(40)22-13-25-27-20(15-36(25)28(37)21(22)16-41-29(32)38)19-11-8-10-18-17(23(33)14-24(35-27)26(18)19)9-6-7-12-34-30(39)42-31(2,3)4/h6,9,13-14,40H,5,7-8,10-12,15-16H2,1-4H3,(H,34,39)/t32-/m0/s1. The molecule has 1 aromatic carbocycles. The summed E-state index contributed by atoms with van der Waals surface area (Å²) in [5.41, 5.74) is 2.71. The molecule has 42 heavy (non-hydrogen) atoms. The van der Waals surface area contributed by atoms with Gasteiger partial charge in [0.05, 0.1) is 29.0 Å². The molecule has 220 valence electrons. The summed E-state index contributed by atoms with van der Waals surface area (Å²) in [7, 11) is 0. The molecule has 0 saturated heterocycles. The molecule has 10 heteroatoms. The third kappa shape index (κ3) is 4.48. The van der Waals surface area contributed by atoms with Gasteiger partial charge < -0.3 is 24.5 Å². The second kappa shape index (κ2) is 10.0. The van der Waals surface area contributed by atoms with Crippen LogP contribution in [0.4, 0.5) is 9.18 Å². The number of fused-ring (bicyclic) bond motifs is 5. The fraction of sp³-hybridized carbons (Fsp3) is 0.438. The minimum atomic E-state index is -1.90. The molecule has 0 radical (unpaired) electrons. The van der Waals surface area contributed by atoms with Gasteiger partial charge in [0.15, 0.2) is 5.60 Å². The van der Waals surface area contributed by atoms with Crippen LogP contribution in [-0.2, 0) is 45.9 Å². The van der Waals surface area contributed by atoms with E-state index in [0.29, 0.717) is 48.4 Å². The van der Waals surface area contributed by atoms with Crippen LogP contribution in [-0.4, -0.2) is 38.9 Å². The zero-order chi connectivity index (χ0) is 30.0. The minimum Gasteiger partial charge on any atom is -0.458 e. The molecule has 0 fully saturated rings. The van der Waals surface area contributed by atoms with Crippen molar-refractivity contribution in [3.05, 3.63) is 67.8 Å². The maximum Gasteiger partial charge on any atom is 0.407 e. The summed E-state index contributed by atoms with van der Waals surface area (Å²) in [6.07, 6.45) is 5.96. The first-order valence-corrected chi connectivity index (χ1v) is 14.4. The Labute approximate surface area is 242 Å². The lowest BCUT2D eigenvalue weighted by molar-refractivity contribution is -0.172. The SMILES string of the molecule is CC[C@@]1(O)C(=O)OCc2c1cc1n(c2=O)Cc2c-1nc1cc(F)c(C=CCCNC(=O)OC(C)(C)C)c3c1c2CCC3. The number of nitrogens with zero attached hydrogens (tertiary/aromatic N) is 2. The summed E-state index contributed by atoms with van der Waals surface area (Å²) in [6, 6.07) is 3.12. The van der Waals surface area contributed by atoms with Gasteiger partial charge in [-0.05, 0) is 70.1 Å². The first-order chi connectivity index (χ1) is 19.9. The van der Waals surface area contributed by atoms with E-state index in [0.717, 1.165) is 34.9 Å². The molecule has 0 bridgehead atoms. The number of hydrogen-bond donors (Lipinski definition) is 2. The van der Waals surface area contributed by atoms with Gasteiger partial charge in [0, 0.05) is 34.7 Å². The highest BCUT2D eigenvalue weighted by atomic mass is 19.1. The number of carbonyl (C=O) groups is 2. The van der Waals surface area contributed by atoms with Crippen LogP contribution in [0.5, 0.6) is 0 Å². The van der Waals surface area contributed by atoms with E-state index in [1.165, 1.54) is 6.07 Å². The van der Waals surface area contributed by atoms with E-state index < -0.39 is 29.1 Å². The number of halogens is 1. The van der Waals surface area contributed by atoms with E-state index in [2.05, 4.69) is 5.32 Å². The predicted molar refractivity (Wildman–Crippen MR) is 154 cm³/mol. The monoisotopic (exact) mass is 575 g/mol. The van der Waals surface area contributed by atoms with E-state index in [-0.39, 0.29) is 29.7 Å². The Hall–Kier alpha value is -4.05. The Morgan fingerprint density at radius 3 is 2.71 bits per heavy atom. The van der Waals surface area contributed by atoms with Crippen LogP contribution in [0.3, 0.4) is 0 Å². The van der Waals surface area contributed by atoms with Crippen molar-refractivity contribution in [3.63, 3.8) is 0 Å². The van der Waals surface area contributed by atoms with Gasteiger partial charge in [0.1, 0.15) is 18.0 Å². The lowest BCUT2D eigenvalue weighted by Gasteiger charge is -2.31. The molecule has 3 aliphatic rings. The van der Waals surface area contributed by atoms with Crippen molar-refractivity contribution in [2.45, 2.75) is 84.2 Å². The van der Waals surface area contributed by atoms with Crippen molar-refractivity contribution < 1.29 is 28.6 Å². The fourth-order valence-electron chi connectivity index (χ4n) is 6.33. The average Bonchev–Trinajstić information content (AvgIpc) is 3.30. The highest BCUT2D eigenvalue weighted by Gasteiger charge is 2.45. The van der Waals surface area contributed by atoms with Gasteiger partial charge in [-0.25, -0.2) is 19.0 Å². The minimum absolute atomic E-state index is 0.0624. The molecule has 0 saturated carbocycles. The first-order valence-electron chi connectivity index (χ1n) is 14.4. The third-order valence-corrected chi connectivity index (χ3v) is 8.31. The van der Waals surface area contributed by atoms with Crippen molar-refractivity contribution in [2.24, 2.45) is 0 Å². The molecule has 9 nitrogen and oxygen atoms in total. The normalized spacial score (nSPS) is 19.0. The largest absolute Gasteiger partial charge is 0.458 e. The molecular formula is C32H34FN3O6. The summed E-state index contributed by atoms with van der Waals surface area (Å²) in [5, 5.41) is 14.8. The van der Waals surface area contributed by atoms with Gasteiger partial charge in [-0.3, -0.25) is 4.79 Å². The topological polar surface area (TPSA) is 120 Å². The first kappa shape index (κ1) is 28.1. The molecule has 1 aliphatic carbocycles. The number of carbonyl (C=O) groups excluding carboxylic acids is 2. The van der Waals surface area contributed by atoms with Crippen molar-refractivity contribution in [1.82, 2.24) is 14.9 Å². The third-order valence-electron chi connectivity index (χ3n) is 8.31. The lowest BCUT2D eigenvalue weighted by atomic mass is 9.84. The summed E-state index contributed by atoms with van der Waals surface area (Å²) >= 11 is 0. The maximum absolute atomic E-state index is 15.6. The van der Waals surface area contributed by atoms with E-state index >= 15 is 4.39 Å². The predicted octanol–water partition coefficient (Wildman–Crippen LogP) is 4.64. The average molecular weight is 576 g/mol. The van der Waals surface area contributed by atoms with Crippen molar-refractivity contribution in [2.75, 3.05) is 6.54 Å². The summed E-state index contributed by atoms with van der Waals surface area (Å²) < 4.78 is 27.6. The number of aryl methyl sites for hydroxylation is 2. The number of alkyl carbamates (subject to hydrolysis) is 1. The van der Waals surface area contributed by atoms with E-state index in [4.69, 9.17) is 14.5 Å². The highest BCUT2D eigenvalue weighted by molar-refractivity contribution is 5.94. The molecule has 2 aromatic heterocycles. The zero-order valence-electron chi connectivity index (χ0n) is 24.2. The molecule has 1 atom stereocenters. The Kier molecular flexibility index (Phi) is 6.72. The smallest absolute Gasteiger partial charge is 0.407 e. The van der Waals surface area contributed by atoms with Crippen molar-refractivity contribution in [3.8, 4) is 11.4 Å². The number of aliphatic hydroxyl groups is 1. The number of amides is 1. The number of rotatable bonds is 5. The van der Waals surface area contributed by atoms with Gasteiger partial charge in [0.25, 0.3) is 5.56 Å². The Morgan fingerprint density at radius 2 is 1.98 bits per heavy atom. The Bertz CT molecular complexity index is 1750. The van der Waals surface area contributed by atoms with E-state index in [1.54, 1.807) is 44.4 Å². The second-order valence-corrected chi connectivity index (χ2v) is 12.1. The van der Waals surface area contributed by atoms with Gasteiger partial charge in [-0.2, -0.15) is 0 Å². The molecule has 3 aromatic rings. The number of hydrogen-bond acceptors (Lipinski definition) is 7. The summed E-state index contributed by atoms with van der Waals surface area (Å²) in [6.45, 7) is 7.54. The molecule has 0 unspecified atom stereocenters. The number of esters is 1. The Morgan fingerprint density at radius 1 is 1.21 bits per heavy atom. The van der Waals surface area contributed by atoms with Gasteiger partial charge in [0.2, 0.25) is 0 Å². The number of pyridine rings is 2. The van der Waals surface area contributed by atoms with Crippen LogP contribution in [0, 0.1) is 5.82 Å². The van der Waals surface area contributed by atoms with Crippen LogP contribution >= 0.6 is 0 Å². The van der Waals surface area contributed by atoms with Crippen molar-refractivity contribution >= 4 is 29.0 Å². The second-order valence-electron chi connectivity index (χ2n) is 12.1. The van der Waals surface area contributed by atoms with Crippen LogP contribution in [0.2, 0.25) is 0 Å². The van der Waals surface area contributed by atoms with Crippen LogP contribution in [0.1, 0.15) is 80.3 Å². The molecule has 2 N–H and O–H groups in total. The van der Waals surface area contributed by atoms with Crippen LogP contribution in [0.25, 0.3) is 28.4 Å². The van der Waals surface area contributed by atoms with Gasteiger partial charge in [-0.15, -0.1) is 0 Å². The Balaban J connectivity index is 1.37. The molecular weight excluding hydrogens is 541 g/mol. The van der Waals surface area contributed by atoms with E-state index in [9.17, 15) is 19.5 Å². The van der Waals surface area contributed by atoms with E-state index in [1.807, 2.05) is 6.08 Å². The van der Waals surface area contributed by atoms with Crippen LogP contribution in [0.15, 0.2) is 23.0 Å². The van der Waals surface area contributed by atoms with Gasteiger partial charge >= 0.3 is 12.1 Å². The highest BCUT2D eigenvalue weighted by Crippen LogP contribution is 2.43. The number of nitrogens with one attached hydrogen (secondary N) is 1.